The second-order valence-electron chi connectivity index (χ2n) is 7.02. The maximum absolute atomic E-state index is 13.5. The SMILES string of the molecule is Cc1ccc(NC(=O)N2CCC(C)C[C@@H]2C)cc1-c1cncc(F)c1. The maximum atomic E-state index is 13.5. The zero-order valence-corrected chi connectivity index (χ0v) is 14.9. The highest BCUT2D eigenvalue weighted by Crippen LogP contribution is 2.28. The van der Waals surface area contributed by atoms with Crippen molar-refractivity contribution >= 4 is 11.7 Å². The summed E-state index contributed by atoms with van der Waals surface area (Å²) in [6.45, 7) is 7.06. The van der Waals surface area contributed by atoms with E-state index in [0.717, 1.165) is 30.5 Å². The van der Waals surface area contributed by atoms with Crippen molar-refractivity contribution in [3.8, 4) is 11.1 Å². The second-order valence-corrected chi connectivity index (χ2v) is 7.02. The molecule has 3 rings (SSSR count). The second kappa shape index (κ2) is 7.21. The van der Waals surface area contributed by atoms with Gasteiger partial charge in [0.1, 0.15) is 5.82 Å². The Morgan fingerprint density at radius 3 is 2.80 bits per heavy atom. The molecule has 0 spiro atoms. The van der Waals surface area contributed by atoms with Gasteiger partial charge in [0.05, 0.1) is 6.20 Å². The van der Waals surface area contributed by atoms with E-state index in [1.807, 2.05) is 30.0 Å². The molecule has 1 unspecified atom stereocenters. The molecule has 0 aliphatic carbocycles. The number of urea groups is 1. The lowest BCUT2D eigenvalue weighted by Gasteiger charge is -2.36. The standard InChI is InChI=1S/C20H24FN3O/c1-13-6-7-24(15(3)8-13)20(25)23-18-5-4-14(2)19(10-18)16-9-17(21)12-22-11-16/h4-5,9-13,15H,6-8H2,1-3H3,(H,23,25)/t13?,15-/m0/s1. The summed E-state index contributed by atoms with van der Waals surface area (Å²) in [7, 11) is 0. The van der Waals surface area contributed by atoms with Crippen molar-refractivity contribution in [1.29, 1.82) is 0 Å². The lowest BCUT2D eigenvalue weighted by Crippen LogP contribution is -2.46. The van der Waals surface area contributed by atoms with Crippen LogP contribution in [0.15, 0.2) is 36.7 Å². The number of pyridine rings is 1. The first kappa shape index (κ1) is 17.4. The molecule has 1 N–H and O–H groups in total. The monoisotopic (exact) mass is 341 g/mol. The number of amides is 2. The van der Waals surface area contributed by atoms with Gasteiger partial charge in [-0.15, -0.1) is 0 Å². The number of carbonyl (C=O) groups is 1. The van der Waals surface area contributed by atoms with Crippen LogP contribution in [0.3, 0.4) is 0 Å². The molecule has 2 atom stereocenters. The first-order valence-corrected chi connectivity index (χ1v) is 8.73. The number of benzene rings is 1. The highest BCUT2D eigenvalue weighted by molar-refractivity contribution is 5.90. The van der Waals surface area contributed by atoms with Crippen molar-refractivity contribution in [1.82, 2.24) is 9.88 Å². The Balaban J connectivity index is 1.79. The van der Waals surface area contributed by atoms with Gasteiger partial charge in [-0.1, -0.05) is 13.0 Å². The predicted molar refractivity (Wildman–Crippen MR) is 98.0 cm³/mol. The molecule has 0 saturated carbocycles. The van der Waals surface area contributed by atoms with Crippen LogP contribution in [0.5, 0.6) is 0 Å². The number of hydrogen-bond acceptors (Lipinski definition) is 2. The smallest absolute Gasteiger partial charge is 0.322 e. The summed E-state index contributed by atoms with van der Waals surface area (Å²) in [4.78, 5) is 18.4. The average Bonchev–Trinajstić information content (AvgIpc) is 2.56. The summed E-state index contributed by atoms with van der Waals surface area (Å²) in [6.07, 6.45) is 4.88. The van der Waals surface area contributed by atoms with Crippen LogP contribution >= 0.6 is 0 Å². The largest absolute Gasteiger partial charge is 0.322 e. The molecular formula is C20H24FN3O. The van der Waals surface area contributed by atoms with Crippen LogP contribution in [-0.4, -0.2) is 28.5 Å². The predicted octanol–water partition coefficient (Wildman–Crippen LogP) is 4.85. The van der Waals surface area contributed by atoms with E-state index < -0.39 is 0 Å². The van der Waals surface area contributed by atoms with Crippen molar-refractivity contribution in [3.05, 3.63) is 48.0 Å². The molecule has 25 heavy (non-hydrogen) atoms. The lowest BCUT2D eigenvalue weighted by atomic mass is 9.94. The molecule has 0 radical (unpaired) electrons. The van der Waals surface area contributed by atoms with E-state index in [2.05, 4.69) is 24.1 Å². The van der Waals surface area contributed by atoms with Gasteiger partial charge in [-0.2, -0.15) is 0 Å². The van der Waals surface area contributed by atoms with Crippen LogP contribution in [0.4, 0.5) is 14.9 Å². The number of anilines is 1. The number of hydrogen-bond donors (Lipinski definition) is 1. The van der Waals surface area contributed by atoms with Crippen molar-refractivity contribution in [3.63, 3.8) is 0 Å². The number of carbonyl (C=O) groups excluding carboxylic acids is 1. The average molecular weight is 341 g/mol. The molecule has 0 bridgehead atoms. The molecule has 1 aliphatic heterocycles. The normalized spacial score (nSPS) is 20.4. The Kier molecular flexibility index (Phi) is 5.02. The lowest BCUT2D eigenvalue weighted by molar-refractivity contribution is 0.150. The van der Waals surface area contributed by atoms with Crippen molar-refractivity contribution < 1.29 is 9.18 Å². The van der Waals surface area contributed by atoms with Crippen LogP contribution in [0.2, 0.25) is 0 Å². The number of aryl methyl sites for hydroxylation is 1. The molecule has 4 nitrogen and oxygen atoms in total. The van der Waals surface area contributed by atoms with E-state index in [4.69, 9.17) is 0 Å². The molecule has 1 aromatic heterocycles. The third kappa shape index (κ3) is 3.98. The summed E-state index contributed by atoms with van der Waals surface area (Å²) >= 11 is 0. The molecule has 1 aliphatic rings. The van der Waals surface area contributed by atoms with Gasteiger partial charge in [0.25, 0.3) is 0 Å². The van der Waals surface area contributed by atoms with E-state index in [0.29, 0.717) is 17.2 Å². The minimum absolute atomic E-state index is 0.0772. The van der Waals surface area contributed by atoms with Gasteiger partial charge in [-0.25, -0.2) is 9.18 Å². The summed E-state index contributed by atoms with van der Waals surface area (Å²) in [5, 5.41) is 2.98. The molecule has 5 heteroatoms. The van der Waals surface area contributed by atoms with E-state index in [1.54, 1.807) is 6.20 Å². The number of nitrogens with one attached hydrogen (secondary N) is 1. The molecule has 1 aromatic carbocycles. The Labute approximate surface area is 148 Å². The zero-order valence-electron chi connectivity index (χ0n) is 14.9. The van der Waals surface area contributed by atoms with Crippen molar-refractivity contribution in [2.75, 3.05) is 11.9 Å². The molecule has 2 amide bonds. The molecule has 132 valence electrons. The number of rotatable bonds is 2. The molecule has 2 heterocycles. The summed E-state index contributed by atoms with van der Waals surface area (Å²) < 4.78 is 13.5. The Hall–Kier alpha value is -2.43. The van der Waals surface area contributed by atoms with E-state index in [1.165, 1.54) is 12.3 Å². The molecule has 2 aromatic rings. The number of aromatic nitrogens is 1. The van der Waals surface area contributed by atoms with Crippen molar-refractivity contribution in [2.24, 2.45) is 5.92 Å². The topological polar surface area (TPSA) is 45.2 Å². The van der Waals surface area contributed by atoms with Crippen LogP contribution in [0.25, 0.3) is 11.1 Å². The van der Waals surface area contributed by atoms with E-state index >= 15 is 0 Å². The minimum Gasteiger partial charge on any atom is -0.322 e. The fourth-order valence-electron chi connectivity index (χ4n) is 3.47. The first-order valence-electron chi connectivity index (χ1n) is 8.73. The first-order chi connectivity index (χ1) is 11.9. The van der Waals surface area contributed by atoms with E-state index in [-0.39, 0.29) is 17.9 Å². The molecule has 1 fully saturated rings. The molecular weight excluding hydrogens is 317 g/mol. The summed E-state index contributed by atoms with van der Waals surface area (Å²) in [6, 6.07) is 7.29. The van der Waals surface area contributed by atoms with Crippen LogP contribution in [-0.2, 0) is 0 Å². The highest BCUT2D eigenvalue weighted by atomic mass is 19.1. The zero-order chi connectivity index (χ0) is 18.0. The van der Waals surface area contributed by atoms with Crippen molar-refractivity contribution in [2.45, 2.75) is 39.7 Å². The van der Waals surface area contributed by atoms with Gasteiger partial charge in [-0.05, 0) is 61.9 Å². The van der Waals surface area contributed by atoms with Gasteiger partial charge in [0, 0.05) is 30.0 Å². The number of piperidine rings is 1. The number of halogens is 1. The Bertz CT molecular complexity index is 777. The highest BCUT2D eigenvalue weighted by Gasteiger charge is 2.26. The van der Waals surface area contributed by atoms with Crippen LogP contribution in [0, 0.1) is 18.7 Å². The van der Waals surface area contributed by atoms with Crippen LogP contribution in [0.1, 0.15) is 32.3 Å². The van der Waals surface area contributed by atoms with Gasteiger partial charge >= 0.3 is 6.03 Å². The Morgan fingerprint density at radius 2 is 2.08 bits per heavy atom. The minimum atomic E-state index is -0.373. The fourth-order valence-corrected chi connectivity index (χ4v) is 3.47. The summed E-state index contributed by atoms with van der Waals surface area (Å²) in [5.41, 5.74) is 3.28. The maximum Gasteiger partial charge on any atom is 0.322 e. The molecule has 1 saturated heterocycles. The number of likely N-dealkylation sites (tertiary alicyclic amines) is 1. The number of nitrogens with zero attached hydrogens (tertiary/aromatic N) is 2. The third-order valence-electron chi connectivity index (χ3n) is 4.90. The quantitative estimate of drug-likeness (QED) is 0.849. The van der Waals surface area contributed by atoms with Gasteiger partial charge in [0.15, 0.2) is 0 Å². The Morgan fingerprint density at radius 1 is 1.28 bits per heavy atom. The van der Waals surface area contributed by atoms with Crippen LogP contribution < -0.4 is 5.32 Å². The van der Waals surface area contributed by atoms with Gasteiger partial charge < -0.3 is 10.2 Å². The van der Waals surface area contributed by atoms with E-state index in [9.17, 15) is 9.18 Å². The van der Waals surface area contributed by atoms with Gasteiger partial charge in [0.2, 0.25) is 0 Å². The summed E-state index contributed by atoms with van der Waals surface area (Å²) in [5.74, 6) is 0.285. The van der Waals surface area contributed by atoms with Gasteiger partial charge in [-0.3, -0.25) is 4.98 Å². The third-order valence-corrected chi connectivity index (χ3v) is 4.90. The fraction of sp³-hybridized carbons (Fsp3) is 0.400.